The number of benzene rings is 1. The minimum absolute atomic E-state index is 0. The molecule has 0 aliphatic rings. The van der Waals surface area contributed by atoms with Gasteiger partial charge in [0.2, 0.25) is 0 Å². The molecule has 0 spiro atoms. The van der Waals surface area contributed by atoms with Crippen LogP contribution < -0.4 is 10.6 Å². The Labute approximate surface area is 173 Å². The summed E-state index contributed by atoms with van der Waals surface area (Å²) < 4.78 is 7.69. The summed E-state index contributed by atoms with van der Waals surface area (Å²) >= 11 is 0. The molecule has 0 amide bonds. The van der Waals surface area contributed by atoms with Crippen LogP contribution in [0, 0.1) is 0 Å². The maximum Gasteiger partial charge on any atom is 0.191 e. The Morgan fingerprint density at radius 2 is 1.85 bits per heavy atom. The van der Waals surface area contributed by atoms with E-state index in [1.807, 2.05) is 17.8 Å². The second-order valence-corrected chi connectivity index (χ2v) is 6.95. The highest BCUT2D eigenvalue weighted by atomic mass is 127. The van der Waals surface area contributed by atoms with E-state index in [0.717, 1.165) is 11.7 Å². The first-order valence-electron chi connectivity index (χ1n) is 8.50. The summed E-state index contributed by atoms with van der Waals surface area (Å²) in [6, 6.07) is 10.4. The molecule has 1 aromatic carbocycles. The second kappa shape index (κ2) is 10.5. The van der Waals surface area contributed by atoms with Crippen molar-refractivity contribution in [2.75, 3.05) is 7.05 Å². The SMILES string of the molecule is CN=C(NCc1cccc(COC(C)(C)C)c1)NCc1ccnn1C.I. The monoisotopic (exact) mass is 471 g/mol. The zero-order chi connectivity index (χ0) is 18.3. The molecule has 6 nitrogen and oxygen atoms in total. The topological polar surface area (TPSA) is 63.5 Å². The molecule has 26 heavy (non-hydrogen) atoms. The van der Waals surface area contributed by atoms with Crippen LogP contribution in [0.4, 0.5) is 0 Å². The molecule has 1 aromatic heterocycles. The Hall–Kier alpha value is -1.61. The van der Waals surface area contributed by atoms with Gasteiger partial charge < -0.3 is 15.4 Å². The van der Waals surface area contributed by atoms with E-state index in [1.165, 1.54) is 11.1 Å². The van der Waals surface area contributed by atoms with Crippen molar-refractivity contribution in [3.8, 4) is 0 Å². The van der Waals surface area contributed by atoms with E-state index in [2.05, 4.69) is 65.8 Å². The van der Waals surface area contributed by atoms with Gasteiger partial charge in [0, 0.05) is 26.8 Å². The third-order valence-corrected chi connectivity index (χ3v) is 3.71. The number of aliphatic imine (C=N–C) groups is 1. The van der Waals surface area contributed by atoms with E-state index in [1.54, 1.807) is 13.2 Å². The van der Waals surface area contributed by atoms with Gasteiger partial charge in [-0.3, -0.25) is 9.67 Å². The smallest absolute Gasteiger partial charge is 0.191 e. The van der Waals surface area contributed by atoms with E-state index < -0.39 is 0 Å². The van der Waals surface area contributed by atoms with Crippen LogP contribution in [-0.4, -0.2) is 28.4 Å². The summed E-state index contributed by atoms with van der Waals surface area (Å²) in [4.78, 5) is 4.26. The number of ether oxygens (including phenoxy) is 1. The molecule has 0 fully saturated rings. The standard InChI is InChI=1S/C19H29N5O.HI/c1-19(2,3)25-14-16-8-6-7-15(11-16)12-21-18(20-4)22-13-17-9-10-23-24(17)5;/h6-11H,12-14H2,1-5H3,(H2,20,21,22);1H. The number of guanidine groups is 1. The molecular weight excluding hydrogens is 441 g/mol. The number of nitrogens with one attached hydrogen (secondary N) is 2. The quantitative estimate of drug-likeness (QED) is 0.386. The van der Waals surface area contributed by atoms with Crippen molar-refractivity contribution in [2.24, 2.45) is 12.0 Å². The Bertz CT molecular complexity index is 706. The predicted molar refractivity (Wildman–Crippen MR) is 117 cm³/mol. The third-order valence-electron chi connectivity index (χ3n) is 3.71. The zero-order valence-corrected chi connectivity index (χ0v) is 18.6. The van der Waals surface area contributed by atoms with Gasteiger partial charge in [-0.2, -0.15) is 5.10 Å². The van der Waals surface area contributed by atoms with Gasteiger partial charge in [0.25, 0.3) is 0 Å². The number of hydrogen-bond acceptors (Lipinski definition) is 3. The maximum absolute atomic E-state index is 5.84. The molecule has 0 saturated heterocycles. The molecule has 144 valence electrons. The van der Waals surface area contributed by atoms with Crippen molar-refractivity contribution in [1.29, 1.82) is 0 Å². The van der Waals surface area contributed by atoms with Gasteiger partial charge in [-0.1, -0.05) is 24.3 Å². The molecule has 7 heteroatoms. The first kappa shape index (κ1) is 22.4. The van der Waals surface area contributed by atoms with Gasteiger partial charge in [0.1, 0.15) is 0 Å². The fourth-order valence-corrected chi connectivity index (χ4v) is 2.28. The van der Waals surface area contributed by atoms with E-state index in [-0.39, 0.29) is 29.6 Å². The lowest BCUT2D eigenvalue weighted by molar-refractivity contribution is -0.0149. The van der Waals surface area contributed by atoms with Gasteiger partial charge >= 0.3 is 0 Å². The number of rotatable bonds is 6. The van der Waals surface area contributed by atoms with Crippen LogP contribution in [0.15, 0.2) is 41.5 Å². The van der Waals surface area contributed by atoms with Crippen molar-refractivity contribution in [2.45, 2.75) is 46.1 Å². The van der Waals surface area contributed by atoms with Crippen molar-refractivity contribution in [3.63, 3.8) is 0 Å². The predicted octanol–water partition coefficient (Wildman–Crippen LogP) is 3.22. The molecule has 0 bridgehead atoms. The Kier molecular flexibility index (Phi) is 9.07. The average molecular weight is 471 g/mol. The molecule has 2 N–H and O–H groups in total. The van der Waals surface area contributed by atoms with E-state index in [0.29, 0.717) is 19.7 Å². The Balaban J connectivity index is 0.00000338. The number of aromatic nitrogens is 2. The van der Waals surface area contributed by atoms with Gasteiger partial charge in [0.15, 0.2) is 5.96 Å². The first-order chi connectivity index (χ1) is 11.9. The van der Waals surface area contributed by atoms with Gasteiger partial charge in [-0.15, -0.1) is 24.0 Å². The van der Waals surface area contributed by atoms with Crippen LogP contribution in [0.25, 0.3) is 0 Å². The van der Waals surface area contributed by atoms with Crippen LogP contribution in [-0.2, 0) is 31.5 Å². The lowest BCUT2D eigenvalue weighted by Crippen LogP contribution is -2.36. The fourth-order valence-electron chi connectivity index (χ4n) is 2.28. The summed E-state index contributed by atoms with van der Waals surface area (Å²) in [5.74, 6) is 0.762. The molecule has 2 rings (SSSR count). The number of halogens is 1. The van der Waals surface area contributed by atoms with Gasteiger partial charge in [-0.05, 0) is 38.0 Å². The van der Waals surface area contributed by atoms with Crippen molar-refractivity contribution in [3.05, 3.63) is 53.3 Å². The Morgan fingerprint density at radius 1 is 1.15 bits per heavy atom. The number of hydrogen-bond donors (Lipinski definition) is 2. The van der Waals surface area contributed by atoms with Crippen molar-refractivity contribution in [1.82, 2.24) is 20.4 Å². The Morgan fingerprint density at radius 3 is 2.46 bits per heavy atom. The largest absolute Gasteiger partial charge is 0.371 e. The maximum atomic E-state index is 5.84. The average Bonchev–Trinajstić information content (AvgIpc) is 2.98. The molecule has 0 saturated carbocycles. The highest BCUT2D eigenvalue weighted by molar-refractivity contribution is 14.0. The molecule has 2 aromatic rings. The zero-order valence-electron chi connectivity index (χ0n) is 16.2. The van der Waals surface area contributed by atoms with Crippen molar-refractivity contribution < 1.29 is 4.74 Å². The third kappa shape index (κ3) is 7.74. The van der Waals surface area contributed by atoms with E-state index in [9.17, 15) is 0 Å². The van der Waals surface area contributed by atoms with Crippen LogP contribution in [0.5, 0.6) is 0 Å². The first-order valence-corrected chi connectivity index (χ1v) is 8.50. The molecule has 0 aliphatic heterocycles. The molecule has 0 aliphatic carbocycles. The normalized spacial score (nSPS) is 11.8. The molecular formula is C19H30IN5O. The highest BCUT2D eigenvalue weighted by Gasteiger charge is 2.10. The lowest BCUT2D eigenvalue weighted by atomic mass is 10.1. The van der Waals surface area contributed by atoms with Crippen LogP contribution >= 0.6 is 24.0 Å². The second-order valence-electron chi connectivity index (χ2n) is 6.95. The van der Waals surface area contributed by atoms with Crippen LogP contribution in [0.2, 0.25) is 0 Å². The number of nitrogens with zero attached hydrogens (tertiary/aromatic N) is 3. The molecule has 0 radical (unpaired) electrons. The minimum atomic E-state index is -0.133. The summed E-state index contributed by atoms with van der Waals surface area (Å²) in [6.07, 6.45) is 1.79. The van der Waals surface area contributed by atoms with E-state index >= 15 is 0 Å². The summed E-state index contributed by atoms with van der Waals surface area (Å²) in [7, 11) is 3.70. The number of aryl methyl sites for hydroxylation is 1. The summed E-state index contributed by atoms with van der Waals surface area (Å²) in [5.41, 5.74) is 3.33. The summed E-state index contributed by atoms with van der Waals surface area (Å²) in [6.45, 7) is 8.19. The van der Waals surface area contributed by atoms with Crippen LogP contribution in [0.3, 0.4) is 0 Å². The van der Waals surface area contributed by atoms with Crippen LogP contribution in [0.1, 0.15) is 37.6 Å². The molecule has 1 heterocycles. The lowest BCUT2D eigenvalue weighted by Gasteiger charge is -2.19. The fraction of sp³-hybridized carbons (Fsp3) is 0.474. The highest BCUT2D eigenvalue weighted by Crippen LogP contribution is 2.13. The van der Waals surface area contributed by atoms with Gasteiger partial charge in [0.05, 0.1) is 24.4 Å². The van der Waals surface area contributed by atoms with Gasteiger partial charge in [-0.25, -0.2) is 0 Å². The minimum Gasteiger partial charge on any atom is -0.371 e. The molecule has 0 unspecified atom stereocenters. The summed E-state index contributed by atoms with van der Waals surface area (Å²) in [5, 5.41) is 10.8. The molecule has 0 atom stereocenters. The van der Waals surface area contributed by atoms with E-state index in [4.69, 9.17) is 4.74 Å². The van der Waals surface area contributed by atoms with Crippen molar-refractivity contribution >= 4 is 29.9 Å².